The first-order valence-corrected chi connectivity index (χ1v) is 10.2. The number of thioether (sulfide) groups is 1. The van der Waals surface area contributed by atoms with E-state index in [1.54, 1.807) is 31.6 Å². The molecule has 2 aliphatic rings. The molecule has 0 spiro atoms. The molecule has 1 saturated heterocycles. The third-order valence-corrected chi connectivity index (χ3v) is 5.95. The maximum Gasteiger partial charge on any atom is 0.268 e. The number of amides is 2. The van der Waals surface area contributed by atoms with Gasteiger partial charge in [-0.25, -0.2) is 0 Å². The Morgan fingerprint density at radius 1 is 1.18 bits per heavy atom. The second-order valence-electron chi connectivity index (χ2n) is 6.66. The number of rotatable bonds is 7. The molecule has 0 radical (unpaired) electrons. The lowest BCUT2D eigenvalue weighted by molar-refractivity contribution is -0.138. The highest BCUT2D eigenvalue weighted by Crippen LogP contribution is 2.38. The predicted molar refractivity (Wildman–Crippen MR) is 106 cm³/mol. The first-order chi connectivity index (χ1) is 13.7. The van der Waals surface area contributed by atoms with Gasteiger partial charge in [-0.2, -0.15) is 0 Å². The minimum Gasteiger partial charge on any atom is -0.497 e. The first-order valence-electron chi connectivity index (χ1n) is 9.19. The Bertz CT molecular complexity index is 882. The highest BCUT2D eigenvalue weighted by Gasteiger charge is 2.40. The molecular formula is C21H21NO5S. The molecule has 1 unspecified atom stereocenters. The molecule has 2 aliphatic heterocycles. The number of methoxy groups -OCH3 is 1. The summed E-state index contributed by atoms with van der Waals surface area (Å²) in [6.45, 7) is 0.974. The molecule has 28 heavy (non-hydrogen) atoms. The highest BCUT2D eigenvalue weighted by atomic mass is 32.2. The van der Waals surface area contributed by atoms with Crippen molar-refractivity contribution in [1.82, 2.24) is 4.90 Å². The SMILES string of the molecule is COc1ccc(C2=C(SCc3ccco3)C(=O)N(CC3CCCO3)C2=O)cc1. The number of carbonyl (C=O) groups is 2. The van der Waals surface area contributed by atoms with Gasteiger partial charge < -0.3 is 13.9 Å². The van der Waals surface area contributed by atoms with Crippen LogP contribution in [0.4, 0.5) is 0 Å². The molecule has 0 aliphatic carbocycles. The fourth-order valence-electron chi connectivity index (χ4n) is 3.40. The summed E-state index contributed by atoms with van der Waals surface area (Å²) < 4.78 is 16.2. The van der Waals surface area contributed by atoms with Gasteiger partial charge in [-0.1, -0.05) is 12.1 Å². The van der Waals surface area contributed by atoms with Gasteiger partial charge in [0.25, 0.3) is 11.8 Å². The van der Waals surface area contributed by atoms with Crippen LogP contribution in [0.5, 0.6) is 5.75 Å². The van der Waals surface area contributed by atoms with Crippen molar-refractivity contribution in [1.29, 1.82) is 0 Å². The van der Waals surface area contributed by atoms with Crippen LogP contribution in [0, 0.1) is 0 Å². The second-order valence-corrected chi connectivity index (χ2v) is 7.64. The number of benzene rings is 1. The number of nitrogens with zero attached hydrogens (tertiary/aromatic N) is 1. The minimum absolute atomic E-state index is 0.0839. The molecule has 1 aromatic carbocycles. The molecule has 4 rings (SSSR count). The molecule has 1 aromatic heterocycles. The van der Waals surface area contributed by atoms with Gasteiger partial charge in [-0.15, -0.1) is 11.8 Å². The van der Waals surface area contributed by atoms with Crippen LogP contribution in [0.25, 0.3) is 5.57 Å². The lowest BCUT2D eigenvalue weighted by atomic mass is 10.1. The van der Waals surface area contributed by atoms with Crippen LogP contribution in [-0.4, -0.2) is 43.1 Å². The molecule has 0 N–H and O–H groups in total. The molecule has 0 saturated carbocycles. The Labute approximate surface area is 167 Å². The van der Waals surface area contributed by atoms with E-state index in [-0.39, 0.29) is 17.9 Å². The minimum atomic E-state index is -0.271. The summed E-state index contributed by atoms with van der Waals surface area (Å²) in [5.41, 5.74) is 1.14. The lowest BCUT2D eigenvalue weighted by Gasteiger charge is -2.19. The molecule has 7 heteroatoms. The Kier molecular flexibility index (Phi) is 5.54. The van der Waals surface area contributed by atoms with E-state index in [4.69, 9.17) is 13.9 Å². The van der Waals surface area contributed by atoms with E-state index < -0.39 is 0 Å². The van der Waals surface area contributed by atoms with Gasteiger partial charge in [0.2, 0.25) is 0 Å². The monoisotopic (exact) mass is 399 g/mol. The number of hydrogen-bond donors (Lipinski definition) is 0. The summed E-state index contributed by atoms with van der Waals surface area (Å²) >= 11 is 1.33. The molecule has 2 aromatic rings. The van der Waals surface area contributed by atoms with Crippen molar-refractivity contribution in [3.05, 3.63) is 58.9 Å². The highest BCUT2D eigenvalue weighted by molar-refractivity contribution is 8.03. The maximum atomic E-state index is 13.2. The summed E-state index contributed by atoms with van der Waals surface area (Å²) in [6.07, 6.45) is 3.34. The van der Waals surface area contributed by atoms with E-state index >= 15 is 0 Å². The van der Waals surface area contributed by atoms with Crippen molar-refractivity contribution >= 4 is 29.1 Å². The molecule has 146 valence electrons. The van der Waals surface area contributed by atoms with Gasteiger partial charge in [0.1, 0.15) is 11.5 Å². The third-order valence-electron chi connectivity index (χ3n) is 4.85. The van der Waals surface area contributed by atoms with E-state index in [0.717, 1.165) is 18.6 Å². The standard InChI is InChI=1S/C21H21NO5S/c1-25-15-8-6-14(7-9-15)18-19(28-13-17-5-3-11-27-17)21(24)22(20(18)23)12-16-4-2-10-26-16/h3,5-9,11,16H,2,4,10,12-13H2,1H3. The molecule has 6 nitrogen and oxygen atoms in total. The maximum absolute atomic E-state index is 13.2. The number of carbonyl (C=O) groups excluding carboxylic acids is 2. The lowest BCUT2D eigenvalue weighted by Crippen LogP contribution is -2.37. The quantitative estimate of drug-likeness (QED) is 0.664. The van der Waals surface area contributed by atoms with Crippen molar-refractivity contribution in [3.8, 4) is 5.75 Å². The zero-order valence-corrected chi connectivity index (χ0v) is 16.4. The normalized spacial score (nSPS) is 19.8. The molecule has 3 heterocycles. The topological polar surface area (TPSA) is 69.0 Å². The number of imide groups is 1. The van der Waals surface area contributed by atoms with Crippen molar-refractivity contribution in [2.24, 2.45) is 0 Å². The van der Waals surface area contributed by atoms with Crippen LogP contribution in [0.15, 0.2) is 52.0 Å². The number of hydrogen-bond acceptors (Lipinski definition) is 6. The largest absolute Gasteiger partial charge is 0.497 e. The van der Waals surface area contributed by atoms with E-state index in [9.17, 15) is 9.59 Å². The van der Waals surface area contributed by atoms with Crippen LogP contribution >= 0.6 is 11.8 Å². The van der Waals surface area contributed by atoms with Crippen LogP contribution in [-0.2, 0) is 20.1 Å². The first kappa shape index (κ1) is 18.8. The predicted octanol–water partition coefficient (Wildman–Crippen LogP) is 3.48. The van der Waals surface area contributed by atoms with Crippen LogP contribution < -0.4 is 4.74 Å². The Morgan fingerprint density at radius 3 is 2.64 bits per heavy atom. The van der Waals surface area contributed by atoms with Crippen molar-refractivity contribution < 1.29 is 23.5 Å². The summed E-state index contributed by atoms with van der Waals surface area (Å²) in [4.78, 5) is 28.0. The average Bonchev–Trinajstić information content (AvgIpc) is 3.46. The van der Waals surface area contributed by atoms with Crippen molar-refractivity contribution in [3.63, 3.8) is 0 Å². The zero-order chi connectivity index (χ0) is 19.5. The van der Waals surface area contributed by atoms with Crippen LogP contribution in [0.2, 0.25) is 0 Å². The Morgan fingerprint density at radius 2 is 2.00 bits per heavy atom. The molecule has 1 fully saturated rings. The van der Waals surface area contributed by atoms with Gasteiger partial charge in [-0.05, 0) is 42.7 Å². The number of furan rings is 1. The van der Waals surface area contributed by atoms with Gasteiger partial charge in [0.05, 0.1) is 42.3 Å². The van der Waals surface area contributed by atoms with Crippen molar-refractivity contribution in [2.75, 3.05) is 20.3 Å². The zero-order valence-electron chi connectivity index (χ0n) is 15.6. The van der Waals surface area contributed by atoms with Crippen LogP contribution in [0.3, 0.4) is 0 Å². The van der Waals surface area contributed by atoms with Gasteiger partial charge in [0, 0.05) is 6.61 Å². The summed E-state index contributed by atoms with van der Waals surface area (Å²) in [6, 6.07) is 10.9. The van der Waals surface area contributed by atoms with Crippen molar-refractivity contribution in [2.45, 2.75) is 24.7 Å². The average molecular weight is 399 g/mol. The van der Waals surface area contributed by atoms with Gasteiger partial charge in [-0.3, -0.25) is 14.5 Å². The fourth-order valence-corrected chi connectivity index (χ4v) is 4.43. The summed E-state index contributed by atoms with van der Waals surface area (Å²) in [5.74, 6) is 1.40. The van der Waals surface area contributed by atoms with Gasteiger partial charge >= 0.3 is 0 Å². The van der Waals surface area contributed by atoms with E-state index in [2.05, 4.69) is 0 Å². The molecular weight excluding hydrogens is 378 g/mol. The second kappa shape index (κ2) is 8.24. The summed E-state index contributed by atoms with van der Waals surface area (Å²) in [7, 11) is 1.59. The number of ether oxygens (including phenoxy) is 2. The smallest absolute Gasteiger partial charge is 0.268 e. The van der Waals surface area contributed by atoms with E-state index in [1.807, 2.05) is 18.2 Å². The Hall–Kier alpha value is -2.51. The third kappa shape index (κ3) is 3.72. The fraction of sp³-hybridized carbons (Fsp3) is 0.333. The molecule has 2 amide bonds. The Balaban J connectivity index is 1.63. The molecule has 0 bridgehead atoms. The van der Waals surface area contributed by atoms with Crippen LogP contribution in [0.1, 0.15) is 24.2 Å². The molecule has 1 atom stereocenters. The summed E-state index contributed by atoms with van der Waals surface area (Å²) in [5, 5.41) is 0. The van der Waals surface area contributed by atoms with E-state index in [1.165, 1.54) is 16.7 Å². The van der Waals surface area contributed by atoms with E-state index in [0.29, 0.717) is 40.7 Å². The van der Waals surface area contributed by atoms with Gasteiger partial charge in [0.15, 0.2) is 0 Å².